The molecule has 3 aliphatic carbocycles. The van der Waals surface area contributed by atoms with Crippen molar-refractivity contribution in [1.82, 2.24) is 19.7 Å². The van der Waals surface area contributed by atoms with Gasteiger partial charge >= 0.3 is 0 Å². The first-order valence-electron chi connectivity index (χ1n) is 10.0. The van der Waals surface area contributed by atoms with Gasteiger partial charge in [-0.25, -0.2) is 9.67 Å². The Kier molecular flexibility index (Phi) is 4.22. The molecule has 1 aromatic carbocycles. The van der Waals surface area contributed by atoms with Gasteiger partial charge in [0, 0.05) is 29.8 Å². The minimum Gasteiger partial charge on any atom is -0.491 e. The van der Waals surface area contributed by atoms with Crippen LogP contribution in [0.25, 0.3) is 22.3 Å². The summed E-state index contributed by atoms with van der Waals surface area (Å²) in [5, 5.41) is 5.99. The summed E-state index contributed by atoms with van der Waals surface area (Å²) in [6.45, 7) is 0.696. The summed E-state index contributed by atoms with van der Waals surface area (Å²) in [4.78, 5) is 8.37. The fraction of sp³-hybridized carbons (Fsp3) is 0.476. The van der Waals surface area contributed by atoms with Crippen LogP contribution >= 0.6 is 11.6 Å². The number of nitrogens with two attached hydrogens (primary N) is 2. The molecule has 0 saturated heterocycles. The summed E-state index contributed by atoms with van der Waals surface area (Å²) in [6.07, 6.45) is 8.42. The summed E-state index contributed by atoms with van der Waals surface area (Å²) in [5.41, 5.74) is 14.8. The van der Waals surface area contributed by atoms with Crippen molar-refractivity contribution >= 4 is 28.6 Å². The van der Waals surface area contributed by atoms with Gasteiger partial charge in [-0.3, -0.25) is 0 Å². The van der Waals surface area contributed by atoms with Gasteiger partial charge in [0.15, 0.2) is 5.65 Å². The zero-order chi connectivity index (χ0) is 20.2. The van der Waals surface area contributed by atoms with E-state index >= 15 is 0 Å². The second-order valence-electron chi connectivity index (χ2n) is 8.73. The lowest BCUT2D eigenvalue weighted by Crippen LogP contribution is -2.53. The lowest BCUT2D eigenvalue weighted by molar-refractivity contribution is 0.00535. The number of fused-ring (bicyclic) bond motifs is 4. The normalized spacial score (nSPS) is 26.2. The first kappa shape index (κ1) is 18.6. The van der Waals surface area contributed by atoms with Crippen molar-refractivity contribution in [2.45, 2.75) is 44.1 Å². The quantitative estimate of drug-likeness (QED) is 0.676. The van der Waals surface area contributed by atoms with Crippen LogP contribution < -0.4 is 16.2 Å². The molecule has 7 nitrogen and oxygen atoms in total. The van der Waals surface area contributed by atoms with Crippen LogP contribution in [0.5, 0.6) is 5.75 Å². The van der Waals surface area contributed by atoms with Crippen LogP contribution in [-0.2, 0) is 7.05 Å². The highest BCUT2D eigenvalue weighted by atomic mass is 35.5. The van der Waals surface area contributed by atoms with Crippen molar-refractivity contribution in [3.05, 3.63) is 29.4 Å². The highest BCUT2D eigenvalue weighted by Gasteiger charge is 2.47. The molecule has 3 fully saturated rings. The van der Waals surface area contributed by atoms with E-state index in [0.717, 1.165) is 55.2 Å². The van der Waals surface area contributed by atoms with Gasteiger partial charge in [0.25, 0.3) is 0 Å². The molecule has 2 heterocycles. The van der Waals surface area contributed by atoms with Crippen LogP contribution in [0, 0.1) is 5.41 Å². The highest BCUT2D eigenvalue weighted by molar-refractivity contribution is 6.32. The highest BCUT2D eigenvalue weighted by Crippen LogP contribution is 2.51. The van der Waals surface area contributed by atoms with Gasteiger partial charge < -0.3 is 16.2 Å². The van der Waals surface area contributed by atoms with Crippen LogP contribution in [0.15, 0.2) is 24.4 Å². The molecule has 4 N–H and O–H groups in total. The molecule has 8 heteroatoms. The van der Waals surface area contributed by atoms with Crippen LogP contribution in [0.1, 0.15) is 38.5 Å². The summed E-state index contributed by atoms with van der Waals surface area (Å²) >= 11 is 6.57. The average Bonchev–Trinajstić information content (AvgIpc) is 3.04. The van der Waals surface area contributed by atoms with Gasteiger partial charge in [-0.2, -0.15) is 10.1 Å². The van der Waals surface area contributed by atoms with Gasteiger partial charge in [-0.05, 0) is 56.7 Å². The molecule has 29 heavy (non-hydrogen) atoms. The Hall–Kier alpha value is -2.38. The average molecular weight is 413 g/mol. The second kappa shape index (κ2) is 6.57. The Balaban J connectivity index is 1.37. The van der Waals surface area contributed by atoms with Gasteiger partial charge in [0.05, 0.1) is 17.0 Å². The standard InChI is InChI=1S/C21H25ClN6O/c1-28-18-14(11-25-19(23)26-18)17(27-28)13-2-3-16(15(22)10-13)29-12-20-4-7-21(24,8-5-20)9-6-20/h2-3,10-11H,4-9,12,24H2,1H3,(H2,23,25,26). The molecule has 6 rings (SSSR count). The molecule has 0 spiro atoms. The van der Waals surface area contributed by atoms with E-state index in [1.807, 2.05) is 25.2 Å². The molecule has 3 aliphatic rings. The lowest BCUT2D eigenvalue weighted by Gasteiger charge is -2.51. The fourth-order valence-corrected chi connectivity index (χ4v) is 5.00. The zero-order valence-electron chi connectivity index (χ0n) is 16.5. The Morgan fingerprint density at radius 3 is 2.59 bits per heavy atom. The molecule has 2 aromatic heterocycles. The molecular weight excluding hydrogens is 388 g/mol. The number of benzene rings is 1. The minimum absolute atomic E-state index is 0.0703. The van der Waals surface area contributed by atoms with Crippen LogP contribution in [-0.4, -0.2) is 31.9 Å². The van der Waals surface area contributed by atoms with E-state index in [0.29, 0.717) is 23.0 Å². The SMILES string of the molecule is Cn1nc(-c2ccc(OCC34CCC(N)(CC3)CC4)c(Cl)c2)c2cnc(N)nc21. The third-order valence-corrected chi connectivity index (χ3v) is 7.09. The number of aromatic nitrogens is 4. The van der Waals surface area contributed by atoms with Gasteiger partial charge in [-0.15, -0.1) is 0 Å². The van der Waals surface area contributed by atoms with Gasteiger partial charge in [0.2, 0.25) is 5.95 Å². The first-order chi connectivity index (χ1) is 13.9. The maximum absolute atomic E-state index is 6.57. The first-order valence-corrected chi connectivity index (χ1v) is 10.4. The molecule has 152 valence electrons. The van der Waals surface area contributed by atoms with Crippen molar-refractivity contribution in [2.24, 2.45) is 18.2 Å². The van der Waals surface area contributed by atoms with Crippen molar-refractivity contribution in [3.8, 4) is 17.0 Å². The second-order valence-corrected chi connectivity index (χ2v) is 9.14. The monoisotopic (exact) mass is 412 g/mol. The topological polar surface area (TPSA) is 105 Å². The molecular formula is C21H25ClN6O. The molecule has 3 saturated carbocycles. The van der Waals surface area contributed by atoms with Gasteiger partial charge in [0.1, 0.15) is 11.4 Å². The molecule has 2 bridgehead atoms. The molecule has 0 unspecified atom stereocenters. The Labute approximate surface area is 174 Å². The number of nitrogen functional groups attached to an aromatic ring is 1. The third-order valence-electron chi connectivity index (χ3n) is 6.80. The number of anilines is 1. The Morgan fingerprint density at radius 1 is 1.17 bits per heavy atom. The number of ether oxygens (including phenoxy) is 1. The van der Waals surface area contributed by atoms with E-state index in [2.05, 4.69) is 15.1 Å². The summed E-state index contributed by atoms with van der Waals surface area (Å²) in [6, 6.07) is 5.79. The summed E-state index contributed by atoms with van der Waals surface area (Å²) < 4.78 is 7.89. The van der Waals surface area contributed by atoms with Crippen molar-refractivity contribution in [2.75, 3.05) is 12.3 Å². The number of hydrogen-bond acceptors (Lipinski definition) is 6. The van der Waals surface area contributed by atoms with E-state index < -0.39 is 0 Å². The molecule has 0 atom stereocenters. The number of aryl methyl sites for hydroxylation is 1. The third kappa shape index (κ3) is 3.22. The Bertz CT molecular complexity index is 1070. The smallest absolute Gasteiger partial charge is 0.222 e. The minimum atomic E-state index is 0.0703. The number of rotatable bonds is 4. The number of hydrogen-bond donors (Lipinski definition) is 2. The number of halogens is 1. The van der Waals surface area contributed by atoms with E-state index in [9.17, 15) is 0 Å². The predicted molar refractivity (Wildman–Crippen MR) is 114 cm³/mol. The number of nitrogens with zero attached hydrogens (tertiary/aromatic N) is 4. The predicted octanol–water partition coefficient (Wildman–Crippen LogP) is 3.70. The van der Waals surface area contributed by atoms with Crippen molar-refractivity contribution in [3.63, 3.8) is 0 Å². The Morgan fingerprint density at radius 2 is 1.90 bits per heavy atom. The van der Waals surface area contributed by atoms with Crippen molar-refractivity contribution < 1.29 is 4.74 Å². The summed E-state index contributed by atoms with van der Waals surface area (Å²) in [7, 11) is 1.83. The zero-order valence-corrected chi connectivity index (χ0v) is 17.2. The largest absolute Gasteiger partial charge is 0.491 e. The van der Waals surface area contributed by atoms with E-state index in [4.69, 9.17) is 27.8 Å². The van der Waals surface area contributed by atoms with Gasteiger partial charge in [-0.1, -0.05) is 11.6 Å². The molecule has 0 amide bonds. The van der Waals surface area contributed by atoms with E-state index in [1.165, 1.54) is 0 Å². The fourth-order valence-electron chi connectivity index (χ4n) is 4.77. The molecule has 3 aromatic rings. The van der Waals surface area contributed by atoms with Crippen LogP contribution in [0.4, 0.5) is 5.95 Å². The molecule has 0 aliphatic heterocycles. The van der Waals surface area contributed by atoms with E-state index in [-0.39, 0.29) is 16.9 Å². The van der Waals surface area contributed by atoms with Crippen LogP contribution in [0.2, 0.25) is 5.02 Å². The van der Waals surface area contributed by atoms with Crippen LogP contribution in [0.3, 0.4) is 0 Å². The summed E-state index contributed by atoms with van der Waals surface area (Å²) in [5.74, 6) is 0.936. The maximum Gasteiger partial charge on any atom is 0.222 e. The van der Waals surface area contributed by atoms with Crippen molar-refractivity contribution in [1.29, 1.82) is 0 Å². The lowest BCUT2D eigenvalue weighted by atomic mass is 9.58. The van der Waals surface area contributed by atoms with E-state index in [1.54, 1.807) is 10.9 Å². The maximum atomic E-state index is 6.57. The molecule has 0 radical (unpaired) electrons.